The highest BCUT2D eigenvalue weighted by molar-refractivity contribution is 9.10. The van der Waals surface area contributed by atoms with E-state index >= 15 is 0 Å². The van der Waals surface area contributed by atoms with Crippen LogP contribution in [0.4, 0.5) is 0 Å². The van der Waals surface area contributed by atoms with Gasteiger partial charge in [0.05, 0.1) is 6.04 Å². The third-order valence-corrected chi connectivity index (χ3v) is 4.44. The Labute approximate surface area is 126 Å². The van der Waals surface area contributed by atoms with Crippen molar-refractivity contribution in [1.29, 1.82) is 0 Å². The van der Waals surface area contributed by atoms with E-state index in [4.69, 9.17) is 5.73 Å². The zero-order valence-electron chi connectivity index (χ0n) is 11.2. The van der Waals surface area contributed by atoms with E-state index in [9.17, 15) is 0 Å². The second-order valence-corrected chi connectivity index (χ2v) is 5.79. The molecule has 1 unspecified atom stereocenters. The first-order chi connectivity index (χ1) is 9.66. The maximum Gasteiger partial charge on any atom is 0.0573 e. The van der Waals surface area contributed by atoms with Gasteiger partial charge < -0.3 is 5.73 Å². The van der Waals surface area contributed by atoms with Gasteiger partial charge in [0.2, 0.25) is 0 Å². The molecule has 2 nitrogen and oxygen atoms in total. The zero-order chi connectivity index (χ0) is 14.1. The largest absolute Gasteiger partial charge is 0.320 e. The summed E-state index contributed by atoms with van der Waals surface area (Å²) >= 11 is 3.57. The SMILES string of the molecule is Cc1ccc(C(N)c2cncc3ccccc23)cc1Br. The number of rotatable bonds is 2. The van der Waals surface area contributed by atoms with Gasteiger partial charge in [-0.1, -0.05) is 52.3 Å². The van der Waals surface area contributed by atoms with Crippen molar-refractivity contribution in [3.8, 4) is 0 Å². The van der Waals surface area contributed by atoms with Crippen molar-refractivity contribution >= 4 is 26.7 Å². The van der Waals surface area contributed by atoms with Gasteiger partial charge in [-0.15, -0.1) is 0 Å². The molecule has 0 aliphatic carbocycles. The number of nitrogens with zero attached hydrogens (tertiary/aromatic N) is 1. The van der Waals surface area contributed by atoms with Gasteiger partial charge in [0.1, 0.15) is 0 Å². The first kappa shape index (κ1) is 13.3. The molecule has 20 heavy (non-hydrogen) atoms. The molecule has 0 saturated carbocycles. The van der Waals surface area contributed by atoms with Gasteiger partial charge in [0.15, 0.2) is 0 Å². The zero-order valence-corrected chi connectivity index (χ0v) is 12.8. The van der Waals surface area contributed by atoms with Crippen molar-refractivity contribution in [2.24, 2.45) is 5.73 Å². The number of nitrogens with two attached hydrogens (primary N) is 1. The number of aryl methyl sites for hydroxylation is 1. The first-order valence-corrected chi connectivity index (χ1v) is 7.30. The van der Waals surface area contributed by atoms with Crippen LogP contribution < -0.4 is 5.73 Å². The van der Waals surface area contributed by atoms with Crippen LogP contribution in [-0.4, -0.2) is 4.98 Å². The Hall–Kier alpha value is -1.71. The molecule has 0 amide bonds. The summed E-state index contributed by atoms with van der Waals surface area (Å²) in [5.41, 5.74) is 9.78. The quantitative estimate of drug-likeness (QED) is 0.760. The van der Waals surface area contributed by atoms with Crippen LogP contribution in [0.3, 0.4) is 0 Å². The Morgan fingerprint density at radius 2 is 1.90 bits per heavy atom. The summed E-state index contributed by atoms with van der Waals surface area (Å²) in [4.78, 5) is 4.31. The Balaban J connectivity index is 2.12. The third kappa shape index (κ3) is 2.35. The summed E-state index contributed by atoms with van der Waals surface area (Å²) in [6.07, 6.45) is 3.73. The van der Waals surface area contributed by atoms with Gasteiger partial charge in [0.25, 0.3) is 0 Å². The molecule has 0 spiro atoms. The van der Waals surface area contributed by atoms with Crippen LogP contribution in [0.5, 0.6) is 0 Å². The van der Waals surface area contributed by atoms with E-state index in [2.05, 4.69) is 58.2 Å². The fourth-order valence-corrected chi connectivity index (χ4v) is 2.77. The average Bonchev–Trinajstić information content (AvgIpc) is 2.49. The summed E-state index contributed by atoms with van der Waals surface area (Å²) < 4.78 is 1.08. The first-order valence-electron chi connectivity index (χ1n) is 6.51. The lowest BCUT2D eigenvalue weighted by atomic mass is 9.96. The van der Waals surface area contributed by atoms with Crippen LogP contribution in [0.15, 0.2) is 59.3 Å². The second-order valence-electron chi connectivity index (χ2n) is 4.94. The number of hydrogen-bond donors (Lipinski definition) is 1. The molecule has 0 bridgehead atoms. The molecule has 3 heteroatoms. The monoisotopic (exact) mass is 326 g/mol. The van der Waals surface area contributed by atoms with Gasteiger partial charge in [-0.25, -0.2) is 0 Å². The van der Waals surface area contributed by atoms with Crippen molar-refractivity contribution in [3.63, 3.8) is 0 Å². The predicted octanol–water partition coefficient (Wildman–Crippen LogP) is 4.35. The minimum atomic E-state index is -0.175. The molecule has 0 saturated heterocycles. The fourth-order valence-electron chi connectivity index (χ4n) is 2.37. The summed E-state index contributed by atoms with van der Waals surface area (Å²) in [7, 11) is 0. The molecule has 3 aromatic rings. The maximum atomic E-state index is 6.44. The molecular formula is C17H15BrN2. The van der Waals surface area contributed by atoms with Crippen molar-refractivity contribution in [2.75, 3.05) is 0 Å². The lowest BCUT2D eigenvalue weighted by Gasteiger charge is -2.15. The van der Waals surface area contributed by atoms with Crippen LogP contribution in [0.25, 0.3) is 10.8 Å². The highest BCUT2D eigenvalue weighted by Crippen LogP contribution is 2.28. The number of pyridine rings is 1. The highest BCUT2D eigenvalue weighted by Gasteiger charge is 2.13. The molecule has 2 aromatic carbocycles. The number of aromatic nitrogens is 1. The van der Waals surface area contributed by atoms with Gasteiger partial charge in [-0.2, -0.15) is 0 Å². The van der Waals surface area contributed by atoms with Crippen molar-refractivity contribution in [3.05, 3.63) is 76.0 Å². The third-order valence-electron chi connectivity index (χ3n) is 3.59. The lowest BCUT2D eigenvalue weighted by molar-refractivity contribution is 0.872. The summed E-state index contributed by atoms with van der Waals surface area (Å²) in [5, 5.41) is 2.28. The minimum absolute atomic E-state index is 0.175. The van der Waals surface area contributed by atoms with Crippen LogP contribution >= 0.6 is 15.9 Å². The predicted molar refractivity (Wildman–Crippen MR) is 86.7 cm³/mol. The van der Waals surface area contributed by atoms with Crippen LogP contribution in [0, 0.1) is 6.92 Å². The van der Waals surface area contributed by atoms with E-state index in [0.29, 0.717) is 0 Å². The van der Waals surface area contributed by atoms with Crippen molar-refractivity contribution < 1.29 is 0 Å². The van der Waals surface area contributed by atoms with Crippen LogP contribution in [0.1, 0.15) is 22.7 Å². The molecule has 0 fully saturated rings. The van der Waals surface area contributed by atoms with Gasteiger partial charge in [-0.05, 0) is 35.1 Å². The molecule has 0 aliphatic rings. The molecule has 100 valence electrons. The summed E-state index contributed by atoms with van der Waals surface area (Å²) in [6, 6.07) is 14.3. The number of fused-ring (bicyclic) bond motifs is 1. The molecule has 1 heterocycles. The van der Waals surface area contributed by atoms with Crippen molar-refractivity contribution in [1.82, 2.24) is 4.98 Å². The number of hydrogen-bond acceptors (Lipinski definition) is 2. The molecule has 0 aliphatic heterocycles. The lowest BCUT2D eigenvalue weighted by Crippen LogP contribution is -2.12. The Bertz CT molecular complexity index is 763. The standard InChI is InChI=1S/C17H15BrN2/c1-11-6-7-12(8-16(11)18)17(19)15-10-20-9-13-4-2-3-5-14(13)15/h2-10,17H,19H2,1H3. The molecule has 3 rings (SSSR count). The number of benzene rings is 2. The normalized spacial score (nSPS) is 12.6. The number of halogens is 1. The molecule has 1 atom stereocenters. The smallest absolute Gasteiger partial charge is 0.0573 e. The highest BCUT2D eigenvalue weighted by atomic mass is 79.9. The molecule has 1 aromatic heterocycles. The Kier molecular flexibility index (Phi) is 3.55. The minimum Gasteiger partial charge on any atom is -0.320 e. The average molecular weight is 327 g/mol. The Morgan fingerprint density at radius 1 is 1.10 bits per heavy atom. The maximum absolute atomic E-state index is 6.44. The molecule has 2 N–H and O–H groups in total. The fraction of sp³-hybridized carbons (Fsp3) is 0.118. The van der Waals surface area contributed by atoms with E-state index in [0.717, 1.165) is 26.4 Å². The van der Waals surface area contributed by atoms with E-state index in [1.54, 1.807) is 0 Å². The molecular weight excluding hydrogens is 312 g/mol. The Morgan fingerprint density at radius 3 is 2.70 bits per heavy atom. The van der Waals surface area contributed by atoms with E-state index in [1.807, 2.05) is 24.5 Å². The molecule has 0 radical (unpaired) electrons. The van der Waals surface area contributed by atoms with E-state index in [-0.39, 0.29) is 6.04 Å². The van der Waals surface area contributed by atoms with Crippen LogP contribution in [0.2, 0.25) is 0 Å². The van der Waals surface area contributed by atoms with Gasteiger partial charge in [0, 0.05) is 22.3 Å². The van der Waals surface area contributed by atoms with E-state index < -0.39 is 0 Å². The summed E-state index contributed by atoms with van der Waals surface area (Å²) in [5.74, 6) is 0. The van der Waals surface area contributed by atoms with Gasteiger partial charge >= 0.3 is 0 Å². The van der Waals surface area contributed by atoms with Crippen molar-refractivity contribution in [2.45, 2.75) is 13.0 Å². The van der Waals surface area contributed by atoms with Crippen LogP contribution in [-0.2, 0) is 0 Å². The van der Waals surface area contributed by atoms with Gasteiger partial charge in [-0.3, -0.25) is 4.98 Å². The second kappa shape index (κ2) is 5.35. The summed E-state index contributed by atoms with van der Waals surface area (Å²) in [6.45, 7) is 2.07. The topological polar surface area (TPSA) is 38.9 Å². The van der Waals surface area contributed by atoms with E-state index in [1.165, 1.54) is 5.56 Å².